The Labute approximate surface area is 168 Å². The molecule has 9 heteroatoms. The number of esters is 1. The Hall–Kier alpha value is -1.52. The van der Waals surface area contributed by atoms with E-state index in [0.717, 1.165) is 17.7 Å². The zero-order valence-corrected chi connectivity index (χ0v) is 17.4. The van der Waals surface area contributed by atoms with Crippen molar-refractivity contribution in [1.29, 1.82) is 0 Å². The number of halogens is 4. The van der Waals surface area contributed by atoms with Crippen molar-refractivity contribution in [2.75, 3.05) is 20.1 Å². The zero-order chi connectivity index (χ0) is 18.9. The lowest BCUT2D eigenvalue weighted by molar-refractivity contribution is -0.147. The number of ether oxygens (including phenoxy) is 1. The second kappa shape index (κ2) is 12.0. The lowest BCUT2D eigenvalue weighted by atomic mass is 10.1. The van der Waals surface area contributed by atoms with Gasteiger partial charge < -0.3 is 15.4 Å². The molecule has 1 aromatic rings. The van der Waals surface area contributed by atoms with Crippen LogP contribution in [0.15, 0.2) is 29.3 Å². The van der Waals surface area contributed by atoms with Crippen molar-refractivity contribution in [2.45, 2.75) is 39.0 Å². The Morgan fingerprint density at radius 3 is 2.23 bits per heavy atom. The standard InChI is InChI=1S/C17H24F3N3O2.HI/c1-12(2)25-15(24)9-11-23-16(21-3)22-10-8-13-4-6-14(7-5-13)17(18,19)20;/h4-7,12H,8-11H2,1-3H3,(H2,21,22,23);1H. The molecule has 148 valence electrons. The van der Waals surface area contributed by atoms with E-state index in [1.165, 1.54) is 12.1 Å². The average molecular weight is 487 g/mol. The number of hydrogen-bond acceptors (Lipinski definition) is 3. The summed E-state index contributed by atoms with van der Waals surface area (Å²) < 4.78 is 42.5. The summed E-state index contributed by atoms with van der Waals surface area (Å²) in [4.78, 5) is 15.4. The molecule has 0 aliphatic rings. The molecule has 1 aromatic carbocycles. The van der Waals surface area contributed by atoms with Crippen LogP contribution >= 0.6 is 24.0 Å². The van der Waals surface area contributed by atoms with Crippen molar-refractivity contribution in [3.05, 3.63) is 35.4 Å². The van der Waals surface area contributed by atoms with Gasteiger partial charge in [0.25, 0.3) is 0 Å². The first-order valence-electron chi connectivity index (χ1n) is 8.02. The molecule has 0 aliphatic carbocycles. The molecular weight excluding hydrogens is 462 g/mol. The van der Waals surface area contributed by atoms with E-state index in [-0.39, 0.29) is 42.5 Å². The van der Waals surface area contributed by atoms with E-state index in [1.807, 2.05) is 0 Å². The maximum atomic E-state index is 12.5. The number of rotatable bonds is 7. The minimum absolute atomic E-state index is 0. The number of carbonyl (C=O) groups excluding carboxylic acids is 1. The van der Waals surface area contributed by atoms with E-state index in [4.69, 9.17) is 4.74 Å². The predicted molar refractivity (Wildman–Crippen MR) is 106 cm³/mol. The number of hydrogen-bond donors (Lipinski definition) is 2. The third-order valence-corrected chi connectivity index (χ3v) is 3.20. The monoisotopic (exact) mass is 487 g/mol. The van der Waals surface area contributed by atoms with Crippen LogP contribution in [0.3, 0.4) is 0 Å². The van der Waals surface area contributed by atoms with Crippen LogP contribution in [0.2, 0.25) is 0 Å². The van der Waals surface area contributed by atoms with Crippen LogP contribution in [0.4, 0.5) is 13.2 Å². The minimum Gasteiger partial charge on any atom is -0.463 e. The third kappa shape index (κ3) is 9.83. The lowest BCUT2D eigenvalue weighted by Gasteiger charge is -2.13. The Balaban J connectivity index is 0.00000625. The topological polar surface area (TPSA) is 62.7 Å². The van der Waals surface area contributed by atoms with Crippen LogP contribution in [-0.4, -0.2) is 38.2 Å². The molecule has 2 N–H and O–H groups in total. The molecule has 0 aromatic heterocycles. The first-order valence-corrected chi connectivity index (χ1v) is 8.02. The maximum absolute atomic E-state index is 12.5. The van der Waals surface area contributed by atoms with Crippen molar-refractivity contribution in [1.82, 2.24) is 10.6 Å². The Morgan fingerprint density at radius 1 is 1.15 bits per heavy atom. The van der Waals surface area contributed by atoms with E-state index in [2.05, 4.69) is 15.6 Å². The zero-order valence-electron chi connectivity index (χ0n) is 15.0. The molecule has 0 fully saturated rings. The SMILES string of the molecule is CN=C(NCCC(=O)OC(C)C)NCCc1ccc(C(F)(F)F)cc1.I. The van der Waals surface area contributed by atoms with Gasteiger partial charge in [-0.05, 0) is 38.0 Å². The normalized spacial score (nSPS) is 11.7. The van der Waals surface area contributed by atoms with Crippen molar-refractivity contribution >= 4 is 35.9 Å². The van der Waals surface area contributed by atoms with Crippen molar-refractivity contribution in [3.8, 4) is 0 Å². The first kappa shape index (κ1) is 24.5. The van der Waals surface area contributed by atoms with Crippen molar-refractivity contribution in [3.63, 3.8) is 0 Å². The van der Waals surface area contributed by atoms with Crippen LogP contribution < -0.4 is 10.6 Å². The number of aliphatic imine (C=N–C) groups is 1. The van der Waals surface area contributed by atoms with E-state index in [9.17, 15) is 18.0 Å². The van der Waals surface area contributed by atoms with Gasteiger partial charge in [0.15, 0.2) is 5.96 Å². The summed E-state index contributed by atoms with van der Waals surface area (Å²) in [6.45, 7) is 4.45. The molecule has 1 rings (SSSR count). The van der Waals surface area contributed by atoms with Gasteiger partial charge in [-0.15, -0.1) is 24.0 Å². The molecule has 0 bridgehead atoms. The molecule has 0 unspecified atom stereocenters. The Kier molecular flexibility index (Phi) is 11.3. The molecule has 0 amide bonds. The van der Waals surface area contributed by atoms with Crippen molar-refractivity contribution in [2.24, 2.45) is 4.99 Å². The highest BCUT2D eigenvalue weighted by Crippen LogP contribution is 2.29. The second-order valence-corrected chi connectivity index (χ2v) is 5.66. The Morgan fingerprint density at radius 2 is 1.73 bits per heavy atom. The van der Waals surface area contributed by atoms with Gasteiger partial charge in [-0.3, -0.25) is 9.79 Å². The summed E-state index contributed by atoms with van der Waals surface area (Å²) in [7, 11) is 1.60. The average Bonchev–Trinajstić information content (AvgIpc) is 2.52. The summed E-state index contributed by atoms with van der Waals surface area (Å²) in [5, 5.41) is 6.02. The van der Waals surface area contributed by atoms with Crippen LogP contribution in [0.25, 0.3) is 0 Å². The maximum Gasteiger partial charge on any atom is 0.416 e. The van der Waals surface area contributed by atoms with Crippen LogP contribution in [0.1, 0.15) is 31.4 Å². The van der Waals surface area contributed by atoms with Gasteiger partial charge in [-0.25, -0.2) is 0 Å². The molecule has 0 radical (unpaired) electrons. The highest BCUT2D eigenvalue weighted by Gasteiger charge is 2.29. The van der Waals surface area contributed by atoms with Gasteiger partial charge in [-0.1, -0.05) is 12.1 Å². The van der Waals surface area contributed by atoms with E-state index < -0.39 is 11.7 Å². The molecule has 0 saturated heterocycles. The number of guanidine groups is 1. The number of nitrogens with zero attached hydrogens (tertiary/aromatic N) is 1. The number of alkyl halides is 3. The minimum atomic E-state index is -4.32. The van der Waals surface area contributed by atoms with E-state index in [0.29, 0.717) is 25.5 Å². The summed E-state index contributed by atoms with van der Waals surface area (Å²) >= 11 is 0. The van der Waals surface area contributed by atoms with Gasteiger partial charge in [0.05, 0.1) is 18.1 Å². The smallest absolute Gasteiger partial charge is 0.416 e. The molecule has 0 spiro atoms. The summed E-state index contributed by atoms with van der Waals surface area (Å²) in [5.41, 5.74) is 0.131. The fourth-order valence-corrected chi connectivity index (χ4v) is 2.01. The van der Waals surface area contributed by atoms with Gasteiger partial charge >= 0.3 is 12.1 Å². The van der Waals surface area contributed by atoms with Crippen LogP contribution in [0, 0.1) is 0 Å². The molecule has 0 heterocycles. The second-order valence-electron chi connectivity index (χ2n) is 5.66. The quantitative estimate of drug-likeness (QED) is 0.268. The Bertz CT molecular complexity index is 576. The first-order chi connectivity index (χ1) is 11.7. The van der Waals surface area contributed by atoms with Gasteiger partial charge in [0.1, 0.15) is 0 Å². The molecule has 0 saturated carbocycles. The number of carbonyl (C=O) groups is 1. The fraction of sp³-hybridized carbons (Fsp3) is 0.529. The largest absolute Gasteiger partial charge is 0.463 e. The van der Waals surface area contributed by atoms with E-state index >= 15 is 0 Å². The summed E-state index contributed by atoms with van der Waals surface area (Å²) in [6, 6.07) is 5.07. The predicted octanol–water partition coefficient (Wildman–Crippen LogP) is 3.37. The molecule has 0 atom stereocenters. The van der Waals surface area contributed by atoms with Gasteiger partial charge in [-0.2, -0.15) is 13.2 Å². The van der Waals surface area contributed by atoms with Gasteiger partial charge in [0, 0.05) is 20.1 Å². The van der Waals surface area contributed by atoms with Crippen molar-refractivity contribution < 1.29 is 22.7 Å². The third-order valence-electron chi connectivity index (χ3n) is 3.20. The molecular formula is C17H25F3IN3O2. The highest BCUT2D eigenvalue weighted by atomic mass is 127. The van der Waals surface area contributed by atoms with Crippen LogP contribution in [0.5, 0.6) is 0 Å². The van der Waals surface area contributed by atoms with Crippen LogP contribution in [-0.2, 0) is 22.1 Å². The molecule has 26 heavy (non-hydrogen) atoms. The highest BCUT2D eigenvalue weighted by molar-refractivity contribution is 14.0. The lowest BCUT2D eigenvalue weighted by Crippen LogP contribution is -2.39. The summed E-state index contributed by atoms with van der Waals surface area (Å²) in [6.07, 6.45) is -3.69. The molecule has 0 aliphatic heterocycles. The summed E-state index contributed by atoms with van der Waals surface area (Å²) in [5.74, 6) is 0.229. The number of nitrogens with one attached hydrogen (secondary N) is 2. The molecule has 5 nitrogen and oxygen atoms in total. The van der Waals surface area contributed by atoms with Gasteiger partial charge in [0.2, 0.25) is 0 Å². The van der Waals surface area contributed by atoms with E-state index in [1.54, 1.807) is 20.9 Å². The fourth-order valence-electron chi connectivity index (χ4n) is 2.01. The number of benzene rings is 1.